The van der Waals surface area contributed by atoms with E-state index in [-0.39, 0.29) is 0 Å². The molecule has 105 valence electrons. The molecule has 0 atom stereocenters. The van der Waals surface area contributed by atoms with Crippen LogP contribution in [0.2, 0.25) is 0 Å². The molecule has 4 aromatic rings. The van der Waals surface area contributed by atoms with Crippen molar-refractivity contribution in [3.8, 4) is 0 Å². The average molecular weight is 289 g/mol. The van der Waals surface area contributed by atoms with Crippen LogP contribution in [-0.2, 0) is 0 Å². The van der Waals surface area contributed by atoms with E-state index in [4.69, 9.17) is 0 Å². The van der Waals surface area contributed by atoms with Crippen LogP contribution in [0.5, 0.6) is 0 Å². The van der Waals surface area contributed by atoms with Crippen LogP contribution in [0.4, 0.5) is 0 Å². The topological polar surface area (TPSA) is 0 Å². The number of hydrogen-bond acceptors (Lipinski definition) is 0. The van der Waals surface area contributed by atoms with Crippen molar-refractivity contribution in [1.82, 2.24) is 0 Å². The number of allylic oxidation sites excluding steroid dienone is 2. The first-order chi connectivity index (χ1) is 11.4. The maximum atomic E-state index is 2.33. The van der Waals surface area contributed by atoms with Gasteiger partial charge in [-0.1, -0.05) is 60.1 Å². The lowest BCUT2D eigenvalue weighted by Gasteiger charge is -2.10. The largest absolute Gasteiger partial charge is 0.182 e. The van der Waals surface area contributed by atoms with E-state index in [0.29, 0.717) is 0 Å². The average Bonchev–Trinajstić information content (AvgIpc) is 3.12. The standard InChI is InChI=1S/C22H14B/c1-2-6-16-12-19-14-21-17(13-18(19)11-15(16)5-1)7-3-8-20(21)22-9-4-10-23-22/h1-14H. The Morgan fingerprint density at radius 1 is 0.609 bits per heavy atom. The maximum absolute atomic E-state index is 2.33. The fourth-order valence-electron chi connectivity index (χ4n) is 3.52. The van der Waals surface area contributed by atoms with E-state index in [9.17, 15) is 0 Å². The summed E-state index contributed by atoms with van der Waals surface area (Å²) in [6.07, 6.45) is 4.28. The zero-order chi connectivity index (χ0) is 15.2. The van der Waals surface area contributed by atoms with E-state index >= 15 is 0 Å². The first-order valence-electron chi connectivity index (χ1n) is 7.96. The summed E-state index contributed by atoms with van der Waals surface area (Å²) in [4.78, 5) is 0. The highest BCUT2D eigenvalue weighted by molar-refractivity contribution is 6.67. The van der Waals surface area contributed by atoms with Gasteiger partial charge in [-0.05, 0) is 62.1 Å². The first kappa shape index (κ1) is 12.7. The summed E-state index contributed by atoms with van der Waals surface area (Å²) in [5.74, 6) is 2.10. The molecule has 0 spiro atoms. The van der Waals surface area contributed by atoms with E-state index in [2.05, 4.69) is 92.1 Å². The number of hydrogen-bond donors (Lipinski definition) is 0. The van der Waals surface area contributed by atoms with E-state index in [1.807, 2.05) is 0 Å². The van der Waals surface area contributed by atoms with Gasteiger partial charge in [0.15, 0.2) is 7.28 Å². The van der Waals surface area contributed by atoms with Crippen LogP contribution in [-0.4, -0.2) is 7.28 Å². The molecule has 0 unspecified atom stereocenters. The van der Waals surface area contributed by atoms with Crippen molar-refractivity contribution in [3.63, 3.8) is 0 Å². The smallest absolute Gasteiger partial charge is 0.116 e. The summed E-state index contributed by atoms with van der Waals surface area (Å²) in [7, 11) is 2.18. The van der Waals surface area contributed by atoms with Crippen LogP contribution >= 0.6 is 0 Å². The van der Waals surface area contributed by atoms with Gasteiger partial charge in [0.25, 0.3) is 0 Å². The van der Waals surface area contributed by atoms with Gasteiger partial charge >= 0.3 is 0 Å². The molecule has 0 saturated heterocycles. The molecule has 5 rings (SSSR count). The molecule has 4 aromatic carbocycles. The summed E-state index contributed by atoms with van der Waals surface area (Å²) in [6.45, 7) is 0. The minimum atomic E-state index is 1.29. The van der Waals surface area contributed by atoms with E-state index in [0.717, 1.165) is 0 Å². The highest BCUT2D eigenvalue weighted by atomic mass is 14.1. The van der Waals surface area contributed by atoms with Crippen LogP contribution in [0.3, 0.4) is 0 Å². The van der Waals surface area contributed by atoms with Crippen LogP contribution < -0.4 is 0 Å². The summed E-state index contributed by atoms with van der Waals surface area (Å²) >= 11 is 0. The highest BCUT2D eigenvalue weighted by Gasteiger charge is 2.09. The maximum Gasteiger partial charge on any atom is 0.182 e. The van der Waals surface area contributed by atoms with Gasteiger partial charge in [0, 0.05) is 0 Å². The number of fused-ring (bicyclic) bond motifs is 3. The van der Waals surface area contributed by atoms with Crippen molar-refractivity contribution < 1.29 is 0 Å². The van der Waals surface area contributed by atoms with Gasteiger partial charge in [0.2, 0.25) is 0 Å². The predicted molar refractivity (Wildman–Crippen MR) is 102 cm³/mol. The van der Waals surface area contributed by atoms with Crippen LogP contribution in [0.25, 0.3) is 37.8 Å². The monoisotopic (exact) mass is 289 g/mol. The molecular weight excluding hydrogens is 275 g/mol. The molecule has 0 aliphatic carbocycles. The summed E-state index contributed by atoms with van der Waals surface area (Å²) < 4.78 is 0. The lowest BCUT2D eigenvalue weighted by atomic mass is 9.69. The Bertz CT molecular complexity index is 1130. The minimum Gasteiger partial charge on any atom is -0.116 e. The Labute approximate surface area is 136 Å². The second kappa shape index (κ2) is 4.86. The zero-order valence-corrected chi connectivity index (χ0v) is 12.7. The molecule has 1 aliphatic heterocycles. The molecule has 1 heterocycles. The van der Waals surface area contributed by atoms with Gasteiger partial charge in [0.05, 0.1) is 0 Å². The normalized spacial score (nSPS) is 13.7. The minimum absolute atomic E-state index is 1.29. The summed E-state index contributed by atoms with van der Waals surface area (Å²) in [5, 5.41) is 7.82. The fourth-order valence-corrected chi connectivity index (χ4v) is 3.52. The van der Waals surface area contributed by atoms with Gasteiger partial charge < -0.3 is 0 Å². The molecule has 0 fully saturated rings. The molecule has 0 N–H and O–H groups in total. The van der Waals surface area contributed by atoms with Gasteiger partial charge in [-0.3, -0.25) is 0 Å². The second-order valence-electron chi connectivity index (χ2n) is 6.10. The van der Waals surface area contributed by atoms with E-state index in [1.165, 1.54) is 43.4 Å². The third-order valence-corrected chi connectivity index (χ3v) is 4.68. The van der Waals surface area contributed by atoms with Crippen molar-refractivity contribution >= 4 is 45.1 Å². The Kier molecular flexibility index (Phi) is 2.69. The lowest BCUT2D eigenvalue weighted by Crippen LogP contribution is -1.91. The molecule has 0 nitrogen and oxygen atoms in total. The molecule has 1 radical (unpaired) electrons. The molecule has 1 aliphatic rings. The Balaban J connectivity index is 1.86. The third-order valence-electron chi connectivity index (χ3n) is 4.68. The fraction of sp³-hybridized carbons (Fsp3) is 0. The second-order valence-corrected chi connectivity index (χ2v) is 6.10. The lowest BCUT2D eigenvalue weighted by molar-refractivity contribution is 1.73. The zero-order valence-electron chi connectivity index (χ0n) is 12.7. The summed E-state index contributed by atoms with van der Waals surface area (Å²) in [6, 6.07) is 24.4. The van der Waals surface area contributed by atoms with Crippen molar-refractivity contribution in [2.45, 2.75) is 0 Å². The van der Waals surface area contributed by atoms with Gasteiger partial charge in [-0.15, -0.1) is 5.98 Å². The van der Waals surface area contributed by atoms with Crippen LogP contribution in [0.15, 0.2) is 84.9 Å². The first-order valence-corrected chi connectivity index (χ1v) is 7.96. The van der Waals surface area contributed by atoms with E-state index < -0.39 is 0 Å². The SMILES string of the molecule is [B]1C=CC=C1c1cccc2cc3cc4ccccc4cc3cc12. The van der Waals surface area contributed by atoms with Crippen molar-refractivity contribution in [3.05, 3.63) is 90.4 Å². The van der Waals surface area contributed by atoms with Crippen molar-refractivity contribution in [2.24, 2.45) is 0 Å². The molecule has 23 heavy (non-hydrogen) atoms. The molecule has 0 bridgehead atoms. The Hall–Kier alpha value is -2.80. The van der Waals surface area contributed by atoms with Crippen LogP contribution in [0.1, 0.15) is 5.56 Å². The van der Waals surface area contributed by atoms with Crippen molar-refractivity contribution in [2.75, 3.05) is 0 Å². The Morgan fingerprint density at radius 2 is 1.30 bits per heavy atom. The predicted octanol–water partition coefficient (Wildman–Crippen LogP) is 5.72. The Morgan fingerprint density at radius 3 is 2.04 bits per heavy atom. The van der Waals surface area contributed by atoms with Gasteiger partial charge in [-0.25, -0.2) is 0 Å². The molecule has 0 amide bonds. The molecule has 0 aromatic heterocycles. The van der Waals surface area contributed by atoms with Gasteiger partial charge in [0.1, 0.15) is 0 Å². The van der Waals surface area contributed by atoms with Crippen molar-refractivity contribution in [1.29, 1.82) is 0 Å². The molecule has 1 heteroatoms. The number of benzene rings is 4. The van der Waals surface area contributed by atoms with Gasteiger partial charge in [-0.2, -0.15) is 0 Å². The van der Waals surface area contributed by atoms with E-state index in [1.54, 1.807) is 0 Å². The summed E-state index contributed by atoms with van der Waals surface area (Å²) in [5.41, 5.74) is 2.60. The number of rotatable bonds is 1. The molecule has 0 saturated carbocycles. The highest BCUT2D eigenvalue weighted by Crippen LogP contribution is 2.32. The van der Waals surface area contributed by atoms with Crippen LogP contribution in [0, 0.1) is 0 Å². The third kappa shape index (κ3) is 2.01. The quantitative estimate of drug-likeness (QED) is 0.310. The molecular formula is C22H14B.